The van der Waals surface area contributed by atoms with Gasteiger partial charge in [-0.2, -0.15) is 4.98 Å². The Morgan fingerprint density at radius 1 is 1.19 bits per heavy atom. The van der Waals surface area contributed by atoms with E-state index in [1.54, 1.807) is 11.3 Å². The van der Waals surface area contributed by atoms with E-state index >= 15 is 0 Å². The van der Waals surface area contributed by atoms with Crippen LogP contribution in [0, 0.1) is 19.8 Å². The van der Waals surface area contributed by atoms with E-state index in [0.29, 0.717) is 31.6 Å². The summed E-state index contributed by atoms with van der Waals surface area (Å²) in [5, 5.41) is 17.3. The monoisotopic (exact) mass is 442 g/mol. The summed E-state index contributed by atoms with van der Waals surface area (Å²) in [6.45, 7) is 8.14. The van der Waals surface area contributed by atoms with Gasteiger partial charge in [0.05, 0.1) is 28.3 Å². The second kappa shape index (κ2) is 9.84. The van der Waals surface area contributed by atoms with E-state index < -0.39 is 0 Å². The topological polar surface area (TPSA) is 105 Å². The fourth-order valence-electron chi connectivity index (χ4n) is 4.05. The molecule has 1 fully saturated rings. The van der Waals surface area contributed by atoms with Crippen LogP contribution in [-0.4, -0.2) is 57.4 Å². The van der Waals surface area contributed by atoms with Crippen molar-refractivity contribution < 1.29 is 9.84 Å². The predicted octanol–water partition coefficient (Wildman–Crippen LogP) is 3.79. The number of nitrogens with one attached hydrogen (secondary N) is 2. The highest BCUT2D eigenvalue weighted by molar-refractivity contribution is 7.21. The summed E-state index contributed by atoms with van der Waals surface area (Å²) in [6.07, 6.45) is 4.80. The number of hydrogen-bond acceptors (Lipinski definition) is 9. The highest BCUT2D eigenvalue weighted by Crippen LogP contribution is 2.38. The van der Waals surface area contributed by atoms with Gasteiger partial charge in [-0.3, -0.25) is 4.98 Å². The maximum absolute atomic E-state index is 9.53. The van der Waals surface area contributed by atoms with Crippen LogP contribution in [-0.2, 0) is 4.74 Å². The van der Waals surface area contributed by atoms with Crippen molar-refractivity contribution in [3.8, 4) is 10.6 Å². The van der Waals surface area contributed by atoms with Crippen LogP contribution in [0.5, 0.6) is 0 Å². The van der Waals surface area contributed by atoms with E-state index in [4.69, 9.17) is 19.7 Å². The number of hydrogen-bond donors (Lipinski definition) is 3. The Bertz CT molecular complexity index is 1040. The van der Waals surface area contributed by atoms with Crippen molar-refractivity contribution in [2.45, 2.75) is 46.1 Å². The molecule has 0 aliphatic heterocycles. The van der Waals surface area contributed by atoms with E-state index in [2.05, 4.69) is 15.6 Å². The molecule has 1 aliphatic carbocycles. The molecule has 166 valence electrons. The van der Waals surface area contributed by atoms with Crippen molar-refractivity contribution in [3.05, 3.63) is 23.7 Å². The Kier molecular flexibility index (Phi) is 6.94. The van der Waals surface area contributed by atoms with Crippen molar-refractivity contribution in [3.63, 3.8) is 0 Å². The summed E-state index contributed by atoms with van der Waals surface area (Å²) in [5.41, 5.74) is 3.65. The third kappa shape index (κ3) is 4.94. The lowest BCUT2D eigenvalue weighted by Crippen LogP contribution is -2.20. The number of anilines is 2. The Balaban J connectivity index is 1.68. The molecule has 3 aromatic rings. The number of nitrogens with zero attached hydrogens (tertiary/aromatic N) is 4. The van der Waals surface area contributed by atoms with Crippen LogP contribution in [0.15, 0.2) is 12.3 Å². The van der Waals surface area contributed by atoms with E-state index in [0.717, 1.165) is 57.3 Å². The lowest BCUT2D eigenvalue weighted by molar-refractivity contribution is 0.158. The van der Waals surface area contributed by atoms with Gasteiger partial charge in [-0.15, -0.1) is 11.3 Å². The molecular weight excluding hydrogens is 412 g/mol. The molecule has 0 saturated heterocycles. The highest BCUT2D eigenvalue weighted by atomic mass is 32.1. The Morgan fingerprint density at radius 3 is 2.81 bits per heavy atom. The SMILES string of the molecule is CCOCCNc1nc(C)c(-c2nc3c(C)nccc3s2)c(NC2CCC(CO)C2)n1. The van der Waals surface area contributed by atoms with Crippen LogP contribution >= 0.6 is 11.3 Å². The zero-order valence-electron chi connectivity index (χ0n) is 18.3. The maximum atomic E-state index is 9.53. The van der Waals surface area contributed by atoms with Gasteiger partial charge in [0, 0.05) is 32.0 Å². The molecule has 9 heteroatoms. The lowest BCUT2D eigenvalue weighted by atomic mass is 10.1. The summed E-state index contributed by atoms with van der Waals surface area (Å²) in [7, 11) is 0. The quantitative estimate of drug-likeness (QED) is 0.430. The van der Waals surface area contributed by atoms with Crippen molar-refractivity contribution >= 4 is 33.3 Å². The number of aliphatic hydroxyl groups is 1. The largest absolute Gasteiger partial charge is 0.396 e. The van der Waals surface area contributed by atoms with E-state index in [9.17, 15) is 5.11 Å². The number of aliphatic hydroxyl groups excluding tert-OH is 1. The first-order valence-electron chi connectivity index (χ1n) is 10.9. The van der Waals surface area contributed by atoms with Gasteiger partial charge in [0.25, 0.3) is 0 Å². The summed E-state index contributed by atoms with van der Waals surface area (Å²) in [5.74, 6) is 1.72. The minimum Gasteiger partial charge on any atom is -0.396 e. The molecule has 2 unspecified atom stereocenters. The van der Waals surface area contributed by atoms with Crippen LogP contribution in [0.25, 0.3) is 20.8 Å². The van der Waals surface area contributed by atoms with Crippen LogP contribution in [0.3, 0.4) is 0 Å². The molecule has 0 bridgehead atoms. The average molecular weight is 443 g/mol. The molecule has 3 heterocycles. The first kappa shape index (κ1) is 21.9. The smallest absolute Gasteiger partial charge is 0.224 e. The fourth-order valence-corrected chi connectivity index (χ4v) is 5.16. The molecule has 4 rings (SSSR count). The Morgan fingerprint density at radius 2 is 2.06 bits per heavy atom. The summed E-state index contributed by atoms with van der Waals surface area (Å²) < 4.78 is 6.52. The number of ether oxygens (including phenoxy) is 1. The molecule has 1 saturated carbocycles. The van der Waals surface area contributed by atoms with E-state index in [1.165, 1.54) is 0 Å². The molecule has 1 aliphatic rings. The molecule has 0 aromatic carbocycles. The second-order valence-corrected chi connectivity index (χ2v) is 8.98. The first-order chi connectivity index (χ1) is 15.1. The number of aromatic nitrogens is 4. The molecule has 0 amide bonds. The first-order valence-corrected chi connectivity index (χ1v) is 11.7. The molecule has 8 nitrogen and oxygen atoms in total. The van der Waals surface area contributed by atoms with Crippen LogP contribution in [0.4, 0.5) is 11.8 Å². The van der Waals surface area contributed by atoms with Crippen molar-refractivity contribution in [2.24, 2.45) is 5.92 Å². The predicted molar refractivity (Wildman–Crippen MR) is 125 cm³/mol. The van der Waals surface area contributed by atoms with Gasteiger partial charge in [0.2, 0.25) is 5.95 Å². The number of rotatable bonds is 9. The maximum Gasteiger partial charge on any atom is 0.224 e. The standard InChI is InChI=1S/C22H30N6O2S/c1-4-30-10-9-24-22-25-13(2)18(20(28-22)26-16-6-5-15(11-16)12-29)21-27-19-14(3)23-8-7-17(19)31-21/h7-8,15-16,29H,4-6,9-12H2,1-3H3,(H2,24,25,26,28). The number of pyridine rings is 1. The third-order valence-electron chi connectivity index (χ3n) is 5.67. The number of aryl methyl sites for hydroxylation is 2. The van der Waals surface area contributed by atoms with Crippen LogP contribution in [0.1, 0.15) is 37.6 Å². The van der Waals surface area contributed by atoms with E-state index in [-0.39, 0.29) is 12.6 Å². The summed E-state index contributed by atoms with van der Waals surface area (Å²) in [6, 6.07) is 2.28. The zero-order chi connectivity index (χ0) is 21.8. The normalized spacial score (nSPS) is 18.6. The van der Waals surface area contributed by atoms with Gasteiger partial charge in [-0.25, -0.2) is 9.97 Å². The minimum atomic E-state index is 0.238. The van der Waals surface area contributed by atoms with Gasteiger partial charge < -0.3 is 20.5 Å². The van der Waals surface area contributed by atoms with Crippen LogP contribution in [0.2, 0.25) is 0 Å². The zero-order valence-corrected chi connectivity index (χ0v) is 19.1. The van der Waals surface area contributed by atoms with Gasteiger partial charge >= 0.3 is 0 Å². The average Bonchev–Trinajstić information content (AvgIpc) is 3.38. The molecule has 2 atom stereocenters. The Hall–Kier alpha value is -2.36. The molecule has 0 spiro atoms. The van der Waals surface area contributed by atoms with Gasteiger partial charge in [-0.05, 0) is 52.0 Å². The van der Waals surface area contributed by atoms with Crippen molar-refractivity contribution in [1.29, 1.82) is 0 Å². The van der Waals surface area contributed by atoms with Gasteiger partial charge in [0.15, 0.2) is 0 Å². The molecular formula is C22H30N6O2S. The molecule has 3 N–H and O–H groups in total. The van der Waals surface area contributed by atoms with E-state index in [1.807, 2.05) is 33.0 Å². The molecule has 3 aromatic heterocycles. The number of thiazole rings is 1. The summed E-state index contributed by atoms with van der Waals surface area (Å²) in [4.78, 5) is 18.8. The molecule has 31 heavy (non-hydrogen) atoms. The van der Waals surface area contributed by atoms with Gasteiger partial charge in [-0.1, -0.05) is 0 Å². The van der Waals surface area contributed by atoms with Gasteiger partial charge in [0.1, 0.15) is 16.3 Å². The highest BCUT2D eigenvalue weighted by Gasteiger charge is 2.26. The third-order valence-corrected chi connectivity index (χ3v) is 6.71. The fraction of sp³-hybridized carbons (Fsp3) is 0.545. The summed E-state index contributed by atoms with van der Waals surface area (Å²) >= 11 is 1.63. The second-order valence-electron chi connectivity index (χ2n) is 7.94. The van der Waals surface area contributed by atoms with Crippen molar-refractivity contribution in [1.82, 2.24) is 19.9 Å². The minimum absolute atomic E-state index is 0.238. The molecule has 0 radical (unpaired) electrons. The van der Waals surface area contributed by atoms with Crippen molar-refractivity contribution in [2.75, 3.05) is 37.0 Å². The Labute approximate surface area is 186 Å². The van der Waals surface area contributed by atoms with Crippen LogP contribution < -0.4 is 10.6 Å². The lowest BCUT2D eigenvalue weighted by Gasteiger charge is -2.18. The number of fused-ring (bicyclic) bond motifs is 1.